The Kier molecular flexibility index (Phi) is 7.14. The summed E-state index contributed by atoms with van der Waals surface area (Å²) < 4.78 is 12.7. The number of nitrogens with two attached hydrogens (primary N) is 1. The Morgan fingerprint density at radius 1 is 1.29 bits per heavy atom. The van der Waals surface area contributed by atoms with Gasteiger partial charge in [-0.15, -0.1) is 0 Å². The van der Waals surface area contributed by atoms with Crippen molar-refractivity contribution in [3.8, 4) is 23.5 Å². The minimum Gasteiger partial charge on any atom is -0.473 e. The van der Waals surface area contributed by atoms with E-state index in [1.165, 1.54) is 0 Å². The highest BCUT2D eigenvalue weighted by Gasteiger charge is 2.49. The predicted molar refractivity (Wildman–Crippen MR) is 160 cm³/mol. The van der Waals surface area contributed by atoms with E-state index in [0.29, 0.717) is 47.1 Å². The van der Waals surface area contributed by atoms with Gasteiger partial charge < -0.3 is 25.0 Å². The summed E-state index contributed by atoms with van der Waals surface area (Å²) in [4.78, 5) is 14.0. The van der Waals surface area contributed by atoms with Crippen LogP contribution in [0, 0.1) is 11.3 Å². The Balaban J connectivity index is 1.43. The molecule has 1 aliphatic heterocycles. The number of hydrogen-bond acceptors (Lipinski definition) is 10. The highest BCUT2D eigenvalue weighted by Crippen LogP contribution is 2.54. The first-order valence-corrected chi connectivity index (χ1v) is 15.0. The van der Waals surface area contributed by atoms with E-state index < -0.39 is 11.0 Å². The molecule has 3 aliphatic rings. The van der Waals surface area contributed by atoms with Crippen molar-refractivity contribution in [2.24, 2.45) is 0 Å². The minimum absolute atomic E-state index is 0.0629. The molecule has 1 saturated heterocycles. The van der Waals surface area contributed by atoms with Crippen molar-refractivity contribution < 1.29 is 14.4 Å². The van der Waals surface area contributed by atoms with Crippen LogP contribution in [0.2, 0.25) is 0 Å². The van der Waals surface area contributed by atoms with Gasteiger partial charge in [-0.05, 0) is 96.5 Å². The lowest BCUT2D eigenvalue weighted by atomic mass is 9.68. The van der Waals surface area contributed by atoms with Gasteiger partial charge in [0, 0.05) is 37.0 Å². The number of aromatic nitrogens is 3. The van der Waals surface area contributed by atoms with Crippen molar-refractivity contribution in [2.75, 3.05) is 37.8 Å². The van der Waals surface area contributed by atoms with E-state index in [-0.39, 0.29) is 6.10 Å². The van der Waals surface area contributed by atoms with Gasteiger partial charge in [-0.25, -0.2) is 4.98 Å². The molecule has 1 spiro atoms. The number of aliphatic hydroxyl groups is 1. The van der Waals surface area contributed by atoms with Gasteiger partial charge in [0.15, 0.2) is 17.3 Å². The van der Waals surface area contributed by atoms with Crippen LogP contribution >= 0.6 is 0 Å². The van der Waals surface area contributed by atoms with E-state index in [1.54, 1.807) is 13.8 Å². The normalized spacial score (nSPS) is 22.5. The second kappa shape index (κ2) is 10.5. The molecule has 6 rings (SSSR count). The van der Waals surface area contributed by atoms with E-state index in [2.05, 4.69) is 30.1 Å². The van der Waals surface area contributed by atoms with Crippen molar-refractivity contribution in [2.45, 2.75) is 88.9 Å². The molecule has 10 heteroatoms. The number of rotatable bonds is 7. The Morgan fingerprint density at radius 3 is 2.81 bits per heavy atom. The quantitative estimate of drug-likeness (QED) is 0.396. The van der Waals surface area contributed by atoms with Gasteiger partial charge in [-0.2, -0.15) is 10.2 Å². The third-order valence-corrected chi connectivity index (χ3v) is 9.33. The molecular weight excluding hydrogens is 530 g/mol. The number of likely N-dealkylation sites (tertiary alicyclic amines) is 1. The second-order valence-electron chi connectivity index (χ2n) is 13.0. The predicted octanol–water partition coefficient (Wildman–Crippen LogP) is 4.22. The third kappa shape index (κ3) is 4.88. The molecule has 0 unspecified atom stereocenters. The molecule has 2 aliphatic carbocycles. The van der Waals surface area contributed by atoms with E-state index in [1.807, 2.05) is 30.1 Å². The molecule has 0 bridgehead atoms. The van der Waals surface area contributed by atoms with E-state index in [9.17, 15) is 10.4 Å². The maximum Gasteiger partial charge on any atom is 0.219 e. The zero-order valence-electron chi connectivity index (χ0n) is 25.3. The number of likely N-dealkylation sites (N-methyl/N-ethyl adjacent to an activating group) is 2. The summed E-state index contributed by atoms with van der Waals surface area (Å²) in [6.45, 7) is 7.07. The first kappa shape index (κ1) is 28.4. The lowest BCUT2D eigenvalue weighted by Gasteiger charge is -2.33. The summed E-state index contributed by atoms with van der Waals surface area (Å²) in [6, 6.07) is 8.40. The molecule has 3 atom stereocenters. The zero-order valence-corrected chi connectivity index (χ0v) is 25.3. The number of anilines is 2. The largest absolute Gasteiger partial charge is 0.473 e. The van der Waals surface area contributed by atoms with E-state index in [0.717, 1.165) is 73.9 Å². The number of fused-ring (bicyclic) bond motifs is 4. The summed E-state index contributed by atoms with van der Waals surface area (Å²) in [5.41, 5.74) is 9.70. The Hall–Kier alpha value is -3.68. The summed E-state index contributed by atoms with van der Waals surface area (Å²) in [5, 5.41) is 25.2. The molecule has 3 heterocycles. The molecule has 10 nitrogen and oxygen atoms in total. The van der Waals surface area contributed by atoms with Crippen LogP contribution in [0.4, 0.5) is 11.5 Å². The molecule has 0 amide bonds. The first-order valence-electron chi connectivity index (χ1n) is 15.0. The molecule has 1 aromatic carbocycles. The van der Waals surface area contributed by atoms with Gasteiger partial charge in [0.1, 0.15) is 18.0 Å². The van der Waals surface area contributed by atoms with Gasteiger partial charge >= 0.3 is 0 Å². The van der Waals surface area contributed by atoms with E-state index in [4.69, 9.17) is 25.0 Å². The average molecular weight is 572 g/mol. The number of nitriles is 1. The van der Waals surface area contributed by atoms with Crippen LogP contribution in [-0.2, 0) is 18.3 Å². The molecule has 3 aromatic rings. The number of aryl methyl sites for hydroxylation is 1. The summed E-state index contributed by atoms with van der Waals surface area (Å²) in [6.07, 6.45) is 6.45. The molecular formula is C32H41N7O3. The van der Waals surface area contributed by atoms with Crippen molar-refractivity contribution >= 4 is 11.5 Å². The van der Waals surface area contributed by atoms with Gasteiger partial charge in [-0.3, -0.25) is 4.90 Å². The highest BCUT2D eigenvalue weighted by atomic mass is 16.5. The lowest BCUT2D eigenvalue weighted by molar-refractivity contribution is 0.0883. The van der Waals surface area contributed by atoms with E-state index >= 15 is 0 Å². The smallest absolute Gasteiger partial charge is 0.219 e. The van der Waals surface area contributed by atoms with Crippen molar-refractivity contribution in [1.82, 2.24) is 20.0 Å². The molecule has 0 radical (unpaired) electrons. The fraction of sp³-hybridized carbons (Fsp3) is 0.562. The van der Waals surface area contributed by atoms with Crippen LogP contribution in [-0.4, -0.2) is 70.1 Å². The van der Waals surface area contributed by atoms with Crippen LogP contribution in [0.1, 0.15) is 80.9 Å². The SMILES string of the molecule is C[C@H](Oc1cc(N(C)CC(C)(C)O)nc(-c2noc3c2CCC[C@@]32CCc3ccc(N)c(C#N)c32)n1)[C@@H]1CCCN1C. The Bertz CT molecular complexity index is 1540. The maximum atomic E-state index is 10.5. The summed E-state index contributed by atoms with van der Waals surface area (Å²) in [7, 11) is 4.04. The van der Waals surface area contributed by atoms with Crippen LogP contribution in [0.3, 0.4) is 0 Å². The second-order valence-corrected chi connectivity index (χ2v) is 13.0. The number of benzene rings is 1. The molecule has 2 aromatic heterocycles. The van der Waals surface area contributed by atoms with Crippen LogP contribution in [0.25, 0.3) is 11.5 Å². The Labute approximate surface area is 247 Å². The number of nitrogen functional groups attached to an aromatic ring is 1. The van der Waals surface area contributed by atoms with Gasteiger partial charge in [0.2, 0.25) is 5.88 Å². The zero-order chi connectivity index (χ0) is 29.8. The number of nitrogens with zero attached hydrogens (tertiary/aromatic N) is 6. The van der Waals surface area contributed by atoms with Gasteiger partial charge in [0.05, 0.1) is 16.6 Å². The lowest BCUT2D eigenvalue weighted by Crippen LogP contribution is -2.38. The van der Waals surface area contributed by atoms with Crippen LogP contribution < -0.4 is 15.4 Å². The molecule has 3 N–H and O–H groups in total. The van der Waals surface area contributed by atoms with Gasteiger partial charge in [-0.1, -0.05) is 11.2 Å². The topological polar surface area (TPSA) is 138 Å². The fourth-order valence-electron chi connectivity index (χ4n) is 7.50. The summed E-state index contributed by atoms with van der Waals surface area (Å²) >= 11 is 0. The van der Waals surface area contributed by atoms with Crippen LogP contribution in [0.5, 0.6) is 5.88 Å². The fourth-order valence-corrected chi connectivity index (χ4v) is 7.50. The standard InChI is InChI=1S/C32H41N7O3/c1-19(24-9-7-15-38(24)4)41-26-16-25(39(5)18-31(2,3)40)35-30(36-26)28-21-8-6-13-32(29(21)42-37-28)14-12-20-10-11-23(34)22(17-33)27(20)32/h10-11,16,19,24,40H,6-9,12-15,18,34H2,1-5H3/t19-,24-,32-/m0/s1. The maximum absolute atomic E-state index is 10.5. The van der Waals surface area contributed by atoms with Crippen molar-refractivity contribution in [3.05, 3.63) is 46.2 Å². The first-order chi connectivity index (χ1) is 20.0. The monoisotopic (exact) mass is 571 g/mol. The van der Waals surface area contributed by atoms with Crippen molar-refractivity contribution in [3.63, 3.8) is 0 Å². The molecule has 222 valence electrons. The minimum atomic E-state index is -0.920. The summed E-state index contributed by atoms with van der Waals surface area (Å²) in [5.74, 6) is 2.34. The average Bonchev–Trinajstić information content (AvgIpc) is 3.66. The highest BCUT2D eigenvalue weighted by molar-refractivity contribution is 5.68. The van der Waals surface area contributed by atoms with Gasteiger partial charge in [0.25, 0.3) is 0 Å². The third-order valence-electron chi connectivity index (χ3n) is 9.33. The Morgan fingerprint density at radius 2 is 2.10 bits per heavy atom. The van der Waals surface area contributed by atoms with Crippen molar-refractivity contribution in [1.29, 1.82) is 5.26 Å². The number of hydrogen-bond donors (Lipinski definition) is 2. The molecule has 0 saturated carbocycles. The van der Waals surface area contributed by atoms with Crippen LogP contribution in [0.15, 0.2) is 22.7 Å². The molecule has 42 heavy (non-hydrogen) atoms. The molecule has 1 fully saturated rings. The number of ether oxygens (including phenoxy) is 1.